The van der Waals surface area contributed by atoms with Gasteiger partial charge in [0.1, 0.15) is 0 Å². The molecule has 0 spiro atoms. The van der Waals surface area contributed by atoms with Gasteiger partial charge in [0.05, 0.1) is 0 Å². The van der Waals surface area contributed by atoms with E-state index in [2.05, 4.69) is 27.7 Å². The average molecular weight is 247 g/mol. The van der Waals surface area contributed by atoms with E-state index in [-0.39, 0.29) is 14.5 Å². The van der Waals surface area contributed by atoms with Crippen LogP contribution in [0.3, 0.4) is 0 Å². The van der Waals surface area contributed by atoms with E-state index in [1.54, 1.807) is 0 Å². The second kappa shape index (κ2) is 6.83. The first kappa shape index (κ1) is 13.4. The van der Waals surface area contributed by atoms with Crippen molar-refractivity contribution in [2.24, 2.45) is 0 Å². The molecule has 74 valence electrons. The second-order valence-electron chi connectivity index (χ2n) is 3.43. The lowest BCUT2D eigenvalue weighted by molar-refractivity contribution is 1.08. The molecule has 0 heterocycles. The van der Waals surface area contributed by atoms with Crippen LogP contribution >= 0.6 is 37.0 Å². The Morgan fingerprint density at radius 3 is 1.25 bits per heavy atom. The maximum absolute atomic E-state index is 6.18. The molecule has 0 rings (SSSR count). The zero-order valence-corrected chi connectivity index (χ0v) is 11.5. The van der Waals surface area contributed by atoms with Crippen molar-refractivity contribution in [3.63, 3.8) is 0 Å². The fraction of sp³-hybridized carbons (Fsp3) is 1.00. The predicted molar refractivity (Wildman–Crippen MR) is 65.6 cm³/mol. The first-order chi connectivity index (χ1) is 5.45. The van der Waals surface area contributed by atoms with Crippen molar-refractivity contribution in [2.75, 3.05) is 12.3 Å². The number of halogens is 2. The molecule has 0 saturated carbocycles. The highest BCUT2D eigenvalue weighted by molar-refractivity contribution is 7.87. The van der Waals surface area contributed by atoms with Crippen LogP contribution in [0.4, 0.5) is 0 Å². The summed E-state index contributed by atoms with van der Waals surface area (Å²) in [5, 5.41) is 0. The molecule has 0 radical (unpaired) electrons. The highest BCUT2D eigenvalue weighted by Gasteiger charge is 2.14. The van der Waals surface area contributed by atoms with Gasteiger partial charge in [0.25, 0.3) is 0 Å². The molecule has 0 aromatic carbocycles. The lowest BCUT2D eigenvalue weighted by Crippen LogP contribution is -1.98. The van der Waals surface area contributed by atoms with Crippen molar-refractivity contribution in [2.45, 2.75) is 39.0 Å². The molecular weight excluding hydrogens is 229 g/mol. The molecule has 0 bridgehead atoms. The minimum atomic E-state index is -0.293. The van der Waals surface area contributed by atoms with Gasteiger partial charge in [0.2, 0.25) is 0 Å². The maximum Gasteiger partial charge on any atom is -0.00673 e. The zero-order chi connectivity index (χ0) is 9.72. The summed E-state index contributed by atoms with van der Waals surface area (Å²) in [6.07, 6.45) is 2.25. The first-order valence-electron chi connectivity index (χ1n) is 4.30. The fourth-order valence-corrected chi connectivity index (χ4v) is 4.63. The van der Waals surface area contributed by atoms with E-state index < -0.39 is 0 Å². The van der Waals surface area contributed by atoms with Crippen LogP contribution in [-0.2, 0) is 0 Å². The van der Waals surface area contributed by atoms with E-state index in [1.165, 1.54) is 0 Å². The van der Waals surface area contributed by atoms with Crippen LogP contribution in [0, 0.1) is 0 Å². The van der Waals surface area contributed by atoms with Gasteiger partial charge in [-0.25, -0.2) is 0 Å². The summed E-state index contributed by atoms with van der Waals surface area (Å²) in [7, 11) is -0.586. The van der Waals surface area contributed by atoms with Gasteiger partial charge in [-0.15, -0.1) is 0 Å². The quantitative estimate of drug-likeness (QED) is 0.594. The zero-order valence-electron chi connectivity index (χ0n) is 8.22. The second-order valence-corrected chi connectivity index (χ2v) is 10.6. The molecule has 0 saturated heterocycles. The van der Waals surface area contributed by atoms with Crippen molar-refractivity contribution < 1.29 is 0 Å². The van der Waals surface area contributed by atoms with Gasteiger partial charge in [0.15, 0.2) is 0 Å². The van der Waals surface area contributed by atoms with E-state index in [0.29, 0.717) is 11.3 Å². The third kappa shape index (κ3) is 5.98. The Morgan fingerprint density at radius 2 is 1.08 bits per heavy atom. The highest BCUT2D eigenvalue weighted by Crippen LogP contribution is 2.53. The Bertz CT molecular complexity index is 104. The summed E-state index contributed by atoms with van der Waals surface area (Å²) >= 11 is 12.4. The van der Waals surface area contributed by atoms with E-state index in [1.807, 2.05) is 0 Å². The molecule has 2 unspecified atom stereocenters. The van der Waals surface area contributed by atoms with E-state index >= 15 is 0 Å². The molecule has 4 heteroatoms. The van der Waals surface area contributed by atoms with Gasteiger partial charge < -0.3 is 0 Å². The first-order valence-corrected chi connectivity index (χ1v) is 9.30. The molecule has 0 nitrogen and oxygen atoms in total. The molecule has 12 heavy (non-hydrogen) atoms. The fourth-order valence-electron chi connectivity index (χ4n) is 0.707. The minimum absolute atomic E-state index is 0.293. The third-order valence-electron chi connectivity index (χ3n) is 1.65. The number of rotatable bonds is 5. The van der Waals surface area contributed by atoms with Gasteiger partial charge in [-0.3, -0.25) is 0 Å². The van der Waals surface area contributed by atoms with Crippen molar-refractivity contribution in [1.29, 1.82) is 0 Å². The normalized spacial score (nSPS) is 17.0. The van der Waals surface area contributed by atoms with Crippen LogP contribution in [0.2, 0.25) is 0 Å². The molecule has 0 aliphatic carbocycles. The Kier molecular flexibility index (Phi) is 7.65. The molecule has 0 fully saturated rings. The molecule has 0 aromatic rings. The van der Waals surface area contributed by atoms with Crippen molar-refractivity contribution in [3.05, 3.63) is 0 Å². The molecule has 0 N–H and O–H groups in total. The van der Waals surface area contributed by atoms with Gasteiger partial charge in [-0.05, 0) is 38.2 Å². The predicted octanol–water partition coefficient (Wildman–Crippen LogP) is 5.07. The average Bonchev–Trinajstić information content (AvgIpc) is 1.98. The lowest BCUT2D eigenvalue weighted by atomic mass is 10.6. The Hall–Kier alpha value is 1.44. The summed E-state index contributed by atoms with van der Waals surface area (Å²) in [4.78, 5) is 0. The molecule has 2 atom stereocenters. The monoisotopic (exact) mass is 246 g/mol. The maximum atomic E-state index is 6.18. The van der Waals surface area contributed by atoms with E-state index in [9.17, 15) is 0 Å². The third-order valence-corrected chi connectivity index (χ3v) is 8.90. The number of hydrogen-bond acceptors (Lipinski definition) is 0. The van der Waals surface area contributed by atoms with Crippen LogP contribution in [0.15, 0.2) is 0 Å². The van der Waals surface area contributed by atoms with Crippen molar-refractivity contribution >= 4 is 37.0 Å². The standard InChI is InChI=1S/C8H18Cl2P2/c1-7(2)11(9)5-6-12(10)8(3)4/h7-8H,5-6H2,1-4H3. The molecule has 0 aliphatic rings. The molecule has 0 aromatic heterocycles. The van der Waals surface area contributed by atoms with Crippen LogP contribution in [0.25, 0.3) is 0 Å². The van der Waals surface area contributed by atoms with Gasteiger partial charge in [-0.1, -0.05) is 50.2 Å². The molecule has 0 aliphatic heterocycles. The molecular formula is C8H18Cl2P2. The highest BCUT2D eigenvalue weighted by atomic mass is 35.7. The summed E-state index contributed by atoms with van der Waals surface area (Å²) in [6, 6.07) is 0. The Balaban J connectivity index is 3.54. The smallest absolute Gasteiger partial charge is 0.00673 e. The minimum Gasteiger partial charge on any atom is -0.0961 e. The van der Waals surface area contributed by atoms with Crippen LogP contribution in [0.1, 0.15) is 27.7 Å². The van der Waals surface area contributed by atoms with Crippen molar-refractivity contribution in [1.82, 2.24) is 0 Å². The van der Waals surface area contributed by atoms with Crippen molar-refractivity contribution in [3.8, 4) is 0 Å². The van der Waals surface area contributed by atoms with Gasteiger partial charge in [0, 0.05) is 0 Å². The Labute approximate surface area is 88.5 Å². The number of hydrogen-bond donors (Lipinski definition) is 0. The largest absolute Gasteiger partial charge is 0.0961 e. The SMILES string of the molecule is CC(C)P(Cl)CCP(Cl)C(C)C. The summed E-state index contributed by atoms with van der Waals surface area (Å²) in [5.74, 6) is 0. The lowest BCUT2D eigenvalue weighted by Gasteiger charge is -2.17. The van der Waals surface area contributed by atoms with E-state index in [4.69, 9.17) is 22.5 Å². The van der Waals surface area contributed by atoms with Crippen LogP contribution in [-0.4, -0.2) is 23.6 Å². The van der Waals surface area contributed by atoms with Crippen LogP contribution < -0.4 is 0 Å². The van der Waals surface area contributed by atoms with Crippen LogP contribution in [0.5, 0.6) is 0 Å². The Morgan fingerprint density at radius 1 is 0.833 bits per heavy atom. The summed E-state index contributed by atoms with van der Waals surface area (Å²) in [5.41, 5.74) is 1.27. The summed E-state index contributed by atoms with van der Waals surface area (Å²) in [6.45, 7) is 8.74. The topological polar surface area (TPSA) is 0 Å². The van der Waals surface area contributed by atoms with Gasteiger partial charge >= 0.3 is 0 Å². The summed E-state index contributed by atoms with van der Waals surface area (Å²) < 4.78 is 0. The van der Waals surface area contributed by atoms with Gasteiger partial charge in [-0.2, -0.15) is 0 Å². The molecule has 0 amide bonds. The van der Waals surface area contributed by atoms with E-state index in [0.717, 1.165) is 12.3 Å².